The molecule has 0 atom stereocenters. The zero-order valence-corrected chi connectivity index (χ0v) is 17.1. The molecule has 0 saturated carbocycles. The first-order valence-electron chi connectivity index (χ1n) is 8.71. The number of hydrogen-bond acceptors (Lipinski definition) is 4. The minimum atomic E-state index is -0.483. The van der Waals surface area contributed by atoms with E-state index in [9.17, 15) is 4.79 Å². The van der Waals surface area contributed by atoms with Crippen molar-refractivity contribution >= 4 is 28.6 Å². The Morgan fingerprint density at radius 1 is 1.04 bits per heavy atom. The van der Waals surface area contributed by atoms with Gasteiger partial charge in [-0.25, -0.2) is 0 Å². The van der Waals surface area contributed by atoms with Crippen LogP contribution >= 0.6 is 22.6 Å². The predicted octanol–water partition coefficient (Wildman–Crippen LogP) is 5.50. The SMILES string of the molecule is CCI.O=C(OCc1cccnc1)C1c2ccccc2Oc2ccccc21. The van der Waals surface area contributed by atoms with Gasteiger partial charge in [-0.15, -0.1) is 0 Å². The number of pyridine rings is 1. The fraction of sp³-hybridized carbons (Fsp3) is 0.182. The Hall–Kier alpha value is -2.41. The molecule has 0 aliphatic carbocycles. The molecule has 0 amide bonds. The predicted molar refractivity (Wildman–Crippen MR) is 113 cm³/mol. The second-order valence-electron chi connectivity index (χ2n) is 5.85. The third-order valence-electron chi connectivity index (χ3n) is 4.02. The van der Waals surface area contributed by atoms with Crippen LogP contribution in [0.2, 0.25) is 0 Å². The lowest BCUT2D eigenvalue weighted by atomic mass is 9.88. The molecule has 27 heavy (non-hydrogen) atoms. The van der Waals surface area contributed by atoms with Crippen molar-refractivity contribution in [1.29, 1.82) is 0 Å². The summed E-state index contributed by atoms with van der Waals surface area (Å²) in [5, 5.41) is 0. The quantitative estimate of drug-likeness (QED) is 0.286. The summed E-state index contributed by atoms with van der Waals surface area (Å²) in [5.74, 6) is 0.615. The largest absolute Gasteiger partial charge is 0.460 e. The van der Waals surface area contributed by atoms with Gasteiger partial charge in [0, 0.05) is 29.1 Å². The fourth-order valence-electron chi connectivity index (χ4n) is 2.89. The number of carbonyl (C=O) groups is 1. The normalized spacial score (nSPS) is 11.9. The van der Waals surface area contributed by atoms with E-state index < -0.39 is 5.92 Å². The molecule has 2 heterocycles. The topological polar surface area (TPSA) is 48.4 Å². The minimum absolute atomic E-state index is 0.203. The van der Waals surface area contributed by atoms with Gasteiger partial charge in [0.05, 0.1) is 0 Å². The van der Waals surface area contributed by atoms with E-state index in [1.165, 1.54) is 4.43 Å². The van der Waals surface area contributed by atoms with E-state index in [0.29, 0.717) is 11.5 Å². The summed E-state index contributed by atoms with van der Waals surface area (Å²) in [6, 6.07) is 18.8. The van der Waals surface area contributed by atoms with Gasteiger partial charge in [0.15, 0.2) is 0 Å². The molecule has 0 saturated heterocycles. The van der Waals surface area contributed by atoms with Gasteiger partial charge in [-0.3, -0.25) is 9.78 Å². The van der Waals surface area contributed by atoms with Crippen molar-refractivity contribution in [3.63, 3.8) is 0 Å². The zero-order chi connectivity index (χ0) is 19.1. The molecule has 1 aliphatic heterocycles. The summed E-state index contributed by atoms with van der Waals surface area (Å²) in [6.07, 6.45) is 3.38. The second kappa shape index (κ2) is 9.50. The third-order valence-corrected chi connectivity index (χ3v) is 4.02. The number of rotatable bonds is 3. The minimum Gasteiger partial charge on any atom is -0.460 e. The summed E-state index contributed by atoms with van der Waals surface area (Å²) < 4.78 is 12.7. The van der Waals surface area contributed by atoms with Crippen molar-refractivity contribution in [1.82, 2.24) is 4.98 Å². The first kappa shape index (κ1) is 19.4. The second-order valence-corrected chi connectivity index (χ2v) is 7.37. The van der Waals surface area contributed by atoms with Crippen molar-refractivity contribution in [3.8, 4) is 11.5 Å². The van der Waals surface area contributed by atoms with E-state index in [2.05, 4.69) is 34.5 Å². The summed E-state index contributed by atoms with van der Waals surface area (Å²) in [5.41, 5.74) is 2.51. The Morgan fingerprint density at radius 3 is 2.19 bits per heavy atom. The van der Waals surface area contributed by atoms with Crippen molar-refractivity contribution in [2.24, 2.45) is 0 Å². The lowest BCUT2D eigenvalue weighted by molar-refractivity contribution is -0.145. The number of halogens is 1. The van der Waals surface area contributed by atoms with Crippen LogP contribution in [0.25, 0.3) is 0 Å². The number of para-hydroxylation sites is 2. The van der Waals surface area contributed by atoms with Gasteiger partial charge in [-0.05, 0) is 22.6 Å². The van der Waals surface area contributed by atoms with Crippen molar-refractivity contribution in [2.75, 3.05) is 4.43 Å². The first-order valence-corrected chi connectivity index (χ1v) is 10.2. The van der Waals surface area contributed by atoms with E-state index >= 15 is 0 Å². The molecule has 0 radical (unpaired) electrons. The molecule has 0 N–H and O–H groups in total. The number of nitrogens with zero attached hydrogens (tertiary/aromatic N) is 1. The van der Waals surface area contributed by atoms with Crippen LogP contribution in [0.4, 0.5) is 0 Å². The maximum atomic E-state index is 12.8. The molecule has 1 aliphatic rings. The average Bonchev–Trinajstić information content (AvgIpc) is 2.71. The lowest BCUT2D eigenvalue weighted by Gasteiger charge is -2.26. The molecule has 1 aromatic heterocycles. The Labute approximate surface area is 172 Å². The molecule has 5 heteroatoms. The van der Waals surface area contributed by atoms with Crippen molar-refractivity contribution in [2.45, 2.75) is 19.4 Å². The van der Waals surface area contributed by atoms with Gasteiger partial charge >= 0.3 is 5.97 Å². The number of hydrogen-bond donors (Lipinski definition) is 0. The third kappa shape index (κ3) is 4.66. The monoisotopic (exact) mass is 473 g/mol. The van der Waals surface area contributed by atoms with Crippen LogP contribution in [0.15, 0.2) is 73.1 Å². The van der Waals surface area contributed by atoms with E-state index in [1.54, 1.807) is 12.4 Å². The summed E-state index contributed by atoms with van der Waals surface area (Å²) in [7, 11) is 0. The van der Waals surface area contributed by atoms with E-state index in [4.69, 9.17) is 9.47 Å². The number of benzene rings is 2. The maximum Gasteiger partial charge on any atom is 0.318 e. The molecule has 0 bridgehead atoms. The van der Waals surface area contributed by atoms with Gasteiger partial charge in [-0.2, -0.15) is 0 Å². The number of carbonyl (C=O) groups excluding carboxylic acids is 1. The molecule has 4 rings (SSSR count). The molecule has 138 valence electrons. The Bertz CT molecular complexity index is 853. The van der Waals surface area contributed by atoms with E-state index in [1.807, 2.05) is 60.7 Å². The highest BCUT2D eigenvalue weighted by molar-refractivity contribution is 14.1. The molecule has 0 spiro atoms. The van der Waals surface area contributed by atoms with Crippen LogP contribution in [0.1, 0.15) is 29.5 Å². The van der Waals surface area contributed by atoms with Gasteiger partial charge < -0.3 is 9.47 Å². The number of ether oxygens (including phenoxy) is 2. The lowest BCUT2D eigenvalue weighted by Crippen LogP contribution is -2.21. The van der Waals surface area contributed by atoms with Crippen LogP contribution in [0.5, 0.6) is 11.5 Å². The van der Waals surface area contributed by atoms with Crippen LogP contribution in [0, 0.1) is 0 Å². The Morgan fingerprint density at radius 2 is 1.63 bits per heavy atom. The van der Waals surface area contributed by atoms with Crippen LogP contribution in [0.3, 0.4) is 0 Å². The van der Waals surface area contributed by atoms with Gasteiger partial charge in [0.2, 0.25) is 0 Å². The summed E-state index contributed by atoms with van der Waals surface area (Å²) in [6.45, 7) is 2.31. The highest BCUT2D eigenvalue weighted by Gasteiger charge is 2.33. The summed E-state index contributed by atoms with van der Waals surface area (Å²) in [4.78, 5) is 16.8. The number of alkyl halides is 1. The van der Waals surface area contributed by atoms with Gasteiger partial charge in [0.1, 0.15) is 24.0 Å². The Balaban J connectivity index is 0.000000659. The first-order chi connectivity index (χ1) is 13.2. The van der Waals surface area contributed by atoms with E-state index in [0.717, 1.165) is 16.7 Å². The standard InChI is InChI=1S/C20H15NO3.C2H5I/c22-20(23-13-14-6-5-11-21-12-14)19-15-7-1-3-9-17(15)24-18-10-4-2-8-16(18)19;1-2-3/h1-12,19H,13H2;2H2,1H3. The zero-order valence-electron chi connectivity index (χ0n) is 15.0. The molecule has 0 fully saturated rings. The molecule has 0 unspecified atom stereocenters. The average molecular weight is 473 g/mol. The molecule has 2 aromatic carbocycles. The molecule has 4 nitrogen and oxygen atoms in total. The summed E-state index contributed by atoms with van der Waals surface area (Å²) >= 11 is 2.29. The highest BCUT2D eigenvalue weighted by Crippen LogP contribution is 2.44. The molecular formula is C22H20INO3. The van der Waals surface area contributed by atoms with Gasteiger partial charge in [0.25, 0.3) is 0 Å². The maximum absolute atomic E-state index is 12.8. The number of fused-ring (bicyclic) bond motifs is 2. The van der Waals surface area contributed by atoms with Crippen LogP contribution in [-0.2, 0) is 16.1 Å². The number of esters is 1. The Kier molecular flexibility index (Phi) is 6.81. The van der Waals surface area contributed by atoms with Crippen LogP contribution in [-0.4, -0.2) is 15.4 Å². The molecule has 3 aromatic rings. The van der Waals surface area contributed by atoms with Crippen molar-refractivity contribution < 1.29 is 14.3 Å². The smallest absolute Gasteiger partial charge is 0.318 e. The highest BCUT2D eigenvalue weighted by atomic mass is 127. The van der Waals surface area contributed by atoms with E-state index in [-0.39, 0.29) is 12.6 Å². The number of aromatic nitrogens is 1. The molecular weight excluding hydrogens is 453 g/mol. The van der Waals surface area contributed by atoms with Gasteiger partial charge in [-0.1, -0.05) is 72.0 Å². The fourth-order valence-corrected chi connectivity index (χ4v) is 2.89. The van der Waals surface area contributed by atoms with Crippen LogP contribution < -0.4 is 4.74 Å². The van der Waals surface area contributed by atoms with Crippen molar-refractivity contribution in [3.05, 3.63) is 89.7 Å².